The van der Waals surface area contributed by atoms with Gasteiger partial charge in [0.05, 0.1) is 0 Å². The zero-order valence-electron chi connectivity index (χ0n) is 19.4. The Morgan fingerprint density at radius 1 is 0.800 bits per heavy atom. The van der Waals surface area contributed by atoms with E-state index in [1.54, 1.807) is 6.07 Å². The number of benzene rings is 3. The molecule has 1 unspecified atom stereocenters. The van der Waals surface area contributed by atoms with Crippen LogP contribution in [0, 0.1) is 13.8 Å². The standard InChI is InChI=1S/C27H25N5O3/c1-17-7-9-19(10-8-17)30-25-15-26(29-18(2)28-25)31-20-11-13-21(14-12-20)32-27(33)24-16-34-22-5-3-4-6-23(22)35-24/h3-15,24H,16H2,1-2H3,(H,32,33)(H2,28,29,30,31). The maximum atomic E-state index is 12.6. The van der Waals surface area contributed by atoms with Gasteiger partial charge >= 0.3 is 0 Å². The van der Waals surface area contributed by atoms with Crippen molar-refractivity contribution in [3.05, 3.63) is 90.3 Å². The lowest BCUT2D eigenvalue weighted by Gasteiger charge is -2.25. The lowest BCUT2D eigenvalue weighted by Crippen LogP contribution is -2.40. The second-order valence-corrected chi connectivity index (χ2v) is 8.23. The van der Waals surface area contributed by atoms with Gasteiger partial charge in [0.25, 0.3) is 5.91 Å². The number of hydrogen-bond acceptors (Lipinski definition) is 7. The minimum absolute atomic E-state index is 0.161. The lowest BCUT2D eigenvalue weighted by atomic mass is 10.2. The predicted octanol–water partition coefficient (Wildman–Crippen LogP) is 5.36. The fourth-order valence-corrected chi connectivity index (χ4v) is 3.64. The van der Waals surface area contributed by atoms with E-state index in [2.05, 4.69) is 32.8 Å². The molecule has 0 fully saturated rings. The summed E-state index contributed by atoms with van der Waals surface area (Å²) in [6, 6.07) is 24.6. The van der Waals surface area contributed by atoms with Crippen LogP contribution in [0.5, 0.6) is 11.5 Å². The van der Waals surface area contributed by atoms with Crippen molar-refractivity contribution in [2.45, 2.75) is 20.0 Å². The number of hydrogen-bond donors (Lipinski definition) is 3. The summed E-state index contributed by atoms with van der Waals surface area (Å²) in [6.45, 7) is 4.06. The molecule has 3 N–H and O–H groups in total. The number of carbonyl (C=O) groups is 1. The second-order valence-electron chi connectivity index (χ2n) is 8.23. The summed E-state index contributed by atoms with van der Waals surface area (Å²) in [5, 5.41) is 9.47. The molecule has 35 heavy (non-hydrogen) atoms. The Kier molecular flexibility index (Phi) is 6.17. The number of aromatic nitrogens is 2. The predicted molar refractivity (Wildman–Crippen MR) is 136 cm³/mol. The molecule has 0 radical (unpaired) electrons. The van der Waals surface area contributed by atoms with Crippen molar-refractivity contribution in [3.63, 3.8) is 0 Å². The number of aryl methyl sites for hydroxylation is 2. The molecule has 5 rings (SSSR count). The average molecular weight is 468 g/mol. The molecule has 1 aliphatic rings. The van der Waals surface area contributed by atoms with Gasteiger partial charge in [0, 0.05) is 23.1 Å². The van der Waals surface area contributed by atoms with Crippen molar-refractivity contribution in [3.8, 4) is 11.5 Å². The number of amides is 1. The number of nitrogens with zero attached hydrogens (tertiary/aromatic N) is 2. The van der Waals surface area contributed by atoms with Gasteiger partial charge in [-0.25, -0.2) is 9.97 Å². The van der Waals surface area contributed by atoms with Crippen LogP contribution < -0.4 is 25.4 Å². The molecule has 3 aromatic carbocycles. The highest BCUT2D eigenvalue weighted by Crippen LogP contribution is 2.31. The van der Waals surface area contributed by atoms with Crippen LogP contribution in [0.15, 0.2) is 78.9 Å². The molecule has 4 aromatic rings. The Labute approximate surface area is 203 Å². The molecule has 1 aromatic heterocycles. The molecule has 2 heterocycles. The number of ether oxygens (including phenoxy) is 2. The van der Waals surface area contributed by atoms with E-state index in [4.69, 9.17) is 9.47 Å². The highest BCUT2D eigenvalue weighted by atomic mass is 16.6. The summed E-state index contributed by atoms with van der Waals surface area (Å²) in [4.78, 5) is 21.6. The molecule has 0 saturated heterocycles. The van der Waals surface area contributed by atoms with Crippen molar-refractivity contribution in [2.24, 2.45) is 0 Å². The topological polar surface area (TPSA) is 97.4 Å². The van der Waals surface area contributed by atoms with Crippen molar-refractivity contribution < 1.29 is 14.3 Å². The normalized spacial score (nSPS) is 14.2. The number of fused-ring (bicyclic) bond motifs is 1. The first-order valence-corrected chi connectivity index (χ1v) is 11.3. The fourth-order valence-electron chi connectivity index (χ4n) is 3.64. The smallest absolute Gasteiger partial charge is 0.269 e. The van der Waals surface area contributed by atoms with E-state index in [1.165, 1.54) is 5.56 Å². The van der Waals surface area contributed by atoms with Gasteiger partial charge in [-0.1, -0.05) is 29.8 Å². The minimum Gasteiger partial charge on any atom is -0.485 e. The number of anilines is 5. The molecule has 0 aliphatic carbocycles. The Morgan fingerprint density at radius 3 is 2.03 bits per heavy atom. The summed E-state index contributed by atoms with van der Waals surface area (Å²) in [5.41, 5.74) is 3.63. The molecule has 8 heteroatoms. The summed E-state index contributed by atoms with van der Waals surface area (Å²) >= 11 is 0. The van der Waals surface area contributed by atoms with Crippen LogP contribution in [0.25, 0.3) is 0 Å². The maximum Gasteiger partial charge on any atom is 0.269 e. The van der Waals surface area contributed by atoms with Crippen LogP contribution in [0.3, 0.4) is 0 Å². The second kappa shape index (κ2) is 9.72. The highest BCUT2D eigenvalue weighted by Gasteiger charge is 2.27. The van der Waals surface area contributed by atoms with Gasteiger partial charge in [-0.05, 0) is 62.4 Å². The zero-order chi connectivity index (χ0) is 24.2. The van der Waals surface area contributed by atoms with Gasteiger partial charge in [0.1, 0.15) is 24.1 Å². The summed E-state index contributed by atoms with van der Waals surface area (Å²) in [6.07, 6.45) is -0.717. The van der Waals surface area contributed by atoms with Crippen molar-refractivity contribution in [2.75, 3.05) is 22.6 Å². The van der Waals surface area contributed by atoms with Gasteiger partial charge in [0.15, 0.2) is 11.5 Å². The van der Waals surface area contributed by atoms with Gasteiger partial charge in [-0.3, -0.25) is 4.79 Å². The van der Waals surface area contributed by atoms with Crippen LogP contribution in [-0.4, -0.2) is 28.6 Å². The molecule has 1 atom stereocenters. The van der Waals surface area contributed by atoms with Crippen molar-refractivity contribution in [1.29, 1.82) is 0 Å². The SMILES string of the molecule is Cc1ccc(Nc2cc(Nc3ccc(NC(=O)C4COc5ccccc5O4)cc3)nc(C)n2)cc1. The van der Waals surface area contributed by atoms with Crippen LogP contribution >= 0.6 is 0 Å². The number of rotatable bonds is 6. The molecule has 0 bridgehead atoms. The lowest BCUT2D eigenvalue weighted by molar-refractivity contribution is -0.125. The van der Waals surface area contributed by atoms with Crippen LogP contribution in [-0.2, 0) is 4.79 Å². The summed E-state index contributed by atoms with van der Waals surface area (Å²) in [5.74, 6) is 2.95. The molecule has 1 amide bonds. The third-order valence-electron chi connectivity index (χ3n) is 5.39. The number of para-hydroxylation sites is 2. The molecular weight excluding hydrogens is 442 g/mol. The van der Waals surface area contributed by atoms with Gasteiger partial charge in [-0.2, -0.15) is 0 Å². The zero-order valence-corrected chi connectivity index (χ0v) is 19.4. The highest BCUT2D eigenvalue weighted by molar-refractivity contribution is 5.95. The Bertz CT molecular complexity index is 1340. The van der Waals surface area contributed by atoms with Crippen LogP contribution in [0.2, 0.25) is 0 Å². The number of carbonyl (C=O) groups excluding carboxylic acids is 1. The molecule has 176 valence electrons. The third-order valence-corrected chi connectivity index (χ3v) is 5.39. The van der Waals surface area contributed by atoms with E-state index in [-0.39, 0.29) is 12.5 Å². The molecule has 1 aliphatic heterocycles. The molecular formula is C27H25N5O3. The molecule has 0 spiro atoms. The van der Waals surface area contributed by atoms with E-state index in [0.29, 0.717) is 34.6 Å². The average Bonchev–Trinajstić information content (AvgIpc) is 2.86. The monoisotopic (exact) mass is 467 g/mol. The van der Waals surface area contributed by atoms with Gasteiger partial charge in [0.2, 0.25) is 6.10 Å². The minimum atomic E-state index is -0.717. The Balaban J connectivity index is 1.21. The first kappa shape index (κ1) is 22.2. The van der Waals surface area contributed by atoms with E-state index in [0.717, 1.165) is 11.4 Å². The van der Waals surface area contributed by atoms with E-state index >= 15 is 0 Å². The Hall–Kier alpha value is -4.59. The van der Waals surface area contributed by atoms with Gasteiger partial charge in [-0.15, -0.1) is 0 Å². The summed E-state index contributed by atoms with van der Waals surface area (Å²) < 4.78 is 11.4. The van der Waals surface area contributed by atoms with E-state index in [1.807, 2.05) is 79.7 Å². The fraction of sp³-hybridized carbons (Fsp3) is 0.148. The van der Waals surface area contributed by atoms with Crippen molar-refractivity contribution in [1.82, 2.24) is 9.97 Å². The van der Waals surface area contributed by atoms with E-state index in [9.17, 15) is 4.79 Å². The number of nitrogens with one attached hydrogen (secondary N) is 3. The Morgan fingerprint density at radius 2 is 1.37 bits per heavy atom. The van der Waals surface area contributed by atoms with Crippen LogP contribution in [0.1, 0.15) is 11.4 Å². The van der Waals surface area contributed by atoms with Crippen LogP contribution in [0.4, 0.5) is 28.7 Å². The molecule has 8 nitrogen and oxygen atoms in total. The first-order valence-electron chi connectivity index (χ1n) is 11.3. The van der Waals surface area contributed by atoms with Crippen molar-refractivity contribution >= 4 is 34.6 Å². The maximum absolute atomic E-state index is 12.6. The third kappa shape index (κ3) is 5.50. The quantitative estimate of drug-likeness (QED) is 0.351. The molecule has 0 saturated carbocycles. The summed E-state index contributed by atoms with van der Waals surface area (Å²) in [7, 11) is 0. The largest absolute Gasteiger partial charge is 0.485 e. The van der Waals surface area contributed by atoms with E-state index < -0.39 is 6.10 Å². The van der Waals surface area contributed by atoms with Gasteiger partial charge < -0.3 is 25.4 Å². The first-order chi connectivity index (χ1) is 17.0.